The third kappa shape index (κ3) is 3.72. The van der Waals surface area contributed by atoms with Crippen molar-refractivity contribution in [2.45, 2.75) is 23.5 Å². The third-order valence-electron chi connectivity index (χ3n) is 8.37. The molecule has 1 saturated heterocycles. The van der Waals surface area contributed by atoms with E-state index in [4.69, 9.17) is 4.74 Å². The van der Waals surface area contributed by atoms with Crippen molar-refractivity contribution >= 4 is 33.5 Å². The molecule has 0 N–H and O–H groups in total. The number of hydrogen-bond donors (Lipinski definition) is 0. The number of rotatable bonds is 5. The molecule has 0 aromatic heterocycles. The molecule has 4 nitrogen and oxygen atoms in total. The van der Waals surface area contributed by atoms with Crippen LogP contribution in [0.15, 0.2) is 144 Å². The van der Waals surface area contributed by atoms with Crippen LogP contribution in [0.2, 0.25) is 0 Å². The van der Waals surface area contributed by atoms with Gasteiger partial charge in [-0.25, -0.2) is 0 Å². The van der Waals surface area contributed by atoms with Gasteiger partial charge in [0.2, 0.25) is 5.60 Å². The molecular formula is C36H26BrNO3. The Balaban J connectivity index is 1.59. The second-order valence-corrected chi connectivity index (χ2v) is 11.4. The van der Waals surface area contributed by atoms with Gasteiger partial charge in [0.05, 0.1) is 12.1 Å². The highest BCUT2D eigenvalue weighted by Gasteiger charge is 2.66. The third-order valence-corrected chi connectivity index (χ3v) is 8.86. The number of carbonyl (C=O) groups is 2. The number of carbonyl (C=O) groups excluding carboxylic acids is 2. The summed E-state index contributed by atoms with van der Waals surface area (Å²) in [6.45, 7) is 0. The number of nitrogens with zero attached hydrogens (tertiary/aromatic N) is 1. The number of halogens is 1. The normalized spacial score (nSPS) is 19.8. The van der Waals surface area contributed by atoms with Gasteiger partial charge in [0, 0.05) is 16.0 Å². The Morgan fingerprint density at radius 1 is 0.683 bits per heavy atom. The molecule has 0 unspecified atom stereocenters. The maximum atomic E-state index is 15.4. The summed E-state index contributed by atoms with van der Waals surface area (Å²) in [7, 11) is 0. The van der Waals surface area contributed by atoms with Gasteiger partial charge < -0.3 is 4.74 Å². The number of anilines is 1. The monoisotopic (exact) mass is 599 g/mol. The van der Waals surface area contributed by atoms with Crippen LogP contribution in [-0.2, 0) is 25.5 Å². The Morgan fingerprint density at radius 2 is 1.17 bits per heavy atom. The van der Waals surface area contributed by atoms with Gasteiger partial charge in [0.1, 0.15) is 5.54 Å². The minimum absolute atomic E-state index is 0.116. The van der Waals surface area contributed by atoms with E-state index in [9.17, 15) is 4.79 Å². The van der Waals surface area contributed by atoms with Gasteiger partial charge in [-0.2, -0.15) is 0 Å². The molecule has 0 radical (unpaired) electrons. The molecule has 2 aliphatic rings. The number of benzene rings is 5. The van der Waals surface area contributed by atoms with Crippen LogP contribution in [0.5, 0.6) is 0 Å². The van der Waals surface area contributed by atoms with Crippen molar-refractivity contribution in [1.29, 1.82) is 0 Å². The minimum atomic E-state index is -1.51. The van der Waals surface area contributed by atoms with E-state index in [1.807, 2.05) is 108 Å². The van der Waals surface area contributed by atoms with Crippen LogP contribution < -0.4 is 4.90 Å². The molecule has 41 heavy (non-hydrogen) atoms. The largest absolute Gasteiger partial charge is 0.443 e. The number of esters is 1. The summed E-state index contributed by atoms with van der Waals surface area (Å²) >= 11 is 3.64. The van der Waals surface area contributed by atoms with Crippen molar-refractivity contribution < 1.29 is 14.3 Å². The molecule has 7 rings (SSSR count). The first-order chi connectivity index (χ1) is 20.1. The maximum absolute atomic E-state index is 15.4. The minimum Gasteiger partial charge on any atom is -0.443 e. The second-order valence-electron chi connectivity index (χ2n) is 10.5. The smallest absolute Gasteiger partial charge is 0.308 e. The standard InChI is InChI=1S/C36H26BrNO3/c37-29-21-22-32-31(23-29)36(30(24-33(39)41-36)25-13-5-1-6-14-25)34(40)38(32)35(26-15-7-2-8-16-26,27-17-9-3-10-18-27)28-19-11-4-12-20-28/h1-23,30H,24H2/t30-,36+/m0/s1. The van der Waals surface area contributed by atoms with Gasteiger partial charge in [0.25, 0.3) is 5.91 Å². The van der Waals surface area contributed by atoms with Crippen LogP contribution in [0.1, 0.15) is 40.2 Å². The fraction of sp³-hybridized carbons (Fsp3) is 0.111. The van der Waals surface area contributed by atoms with Crippen molar-refractivity contribution in [3.63, 3.8) is 0 Å². The van der Waals surface area contributed by atoms with E-state index >= 15 is 4.79 Å². The van der Waals surface area contributed by atoms with E-state index in [1.54, 1.807) is 0 Å². The molecule has 1 spiro atoms. The van der Waals surface area contributed by atoms with Crippen LogP contribution in [0.3, 0.4) is 0 Å². The van der Waals surface area contributed by atoms with E-state index in [2.05, 4.69) is 52.3 Å². The van der Waals surface area contributed by atoms with E-state index in [0.29, 0.717) is 11.3 Å². The highest BCUT2D eigenvalue weighted by Crippen LogP contribution is 2.60. The molecule has 2 aliphatic heterocycles. The molecule has 1 fully saturated rings. The zero-order chi connectivity index (χ0) is 28.0. The van der Waals surface area contributed by atoms with Crippen LogP contribution in [0, 0.1) is 0 Å². The predicted molar refractivity (Wildman–Crippen MR) is 162 cm³/mol. The first kappa shape index (κ1) is 25.5. The fourth-order valence-electron chi connectivity index (χ4n) is 6.73. The molecule has 0 saturated carbocycles. The molecule has 0 aliphatic carbocycles. The second kappa shape index (κ2) is 9.86. The first-order valence-electron chi connectivity index (χ1n) is 13.6. The Bertz CT molecular complexity index is 1650. The summed E-state index contributed by atoms with van der Waals surface area (Å²) in [6, 6.07) is 45.9. The average molecular weight is 601 g/mol. The summed E-state index contributed by atoms with van der Waals surface area (Å²) in [5, 5.41) is 0. The summed E-state index contributed by atoms with van der Waals surface area (Å²) in [6.07, 6.45) is 0.116. The Hall–Kier alpha value is -4.48. The van der Waals surface area contributed by atoms with Gasteiger partial charge in [-0.15, -0.1) is 0 Å². The van der Waals surface area contributed by atoms with Crippen LogP contribution in [0.25, 0.3) is 0 Å². The maximum Gasteiger partial charge on any atom is 0.308 e. The zero-order valence-electron chi connectivity index (χ0n) is 22.1. The van der Waals surface area contributed by atoms with Crippen molar-refractivity contribution in [2.24, 2.45) is 0 Å². The zero-order valence-corrected chi connectivity index (χ0v) is 23.7. The van der Waals surface area contributed by atoms with Gasteiger partial charge in [-0.05, 0) is 40.5 Å². The van der Waals surface area contributed by atoms with Crippen molar-refractivity contribution in [3.05, 3.63) is 172 Å². The Morgan fingerprint density at radius 3 is 1.68 bits per heavy atom. The summed E-state index contributed by atoms with van der Waals surface area (Å²) in [5.74, 6) is -1.13. The number of ether oxygens (including phenoxy) is 1. The molecule has 2 atom stereocenters. The van der Waals surface area contributed by atoms with Gasteiger partial charge in [0.15, 0.2) is 0 Å². The molecule has 0 bridgehead atoms. The van der Waals surface area contributed by atoms with Crippen molar-refractivity contribution in [1.82, 2.24) is 0 Å². The number of fused-ring (bicyclic) bond motifs is 2. The molecule has 1 amide bonds. The number of amides is 1. The van der Waals surface area contributed by atoms with E-state index in [0.717, 1.165) is 26.7 Å². The van der Waals surface area contributed by atoms with Gasteiger partial charge in [-0.3, -0.25) is 14.5 Å². The summed E-state index contributed by atoms with van der Waals surface area (Å²) < 4.78 is 7.06. The summed E-state index contributed by atoms with van der Waals surface area (Å²) in [5.41, 5.74) is 2.51. The highest BCUT2D eigenvalue weighted by molar-refractivity contribution is 9.10. The predicted octanol–water partition coefficient (Wildman–Crippen LogP) is 7.71. The molecular weight excluding hydrogens is 574 g/mol. The summed E-state index contributed by atoms with van der Waals surface area (Å²) in [4.78, 5) is 30.5. The molecule has 5 heteroatoms. The van der Waals surface area contributed by atoms with Crippen molar-refractivity contribution in [2.75, 3.05) is 4.90 Å². The Labute approximate surface area is 247 Å². The topological polar surface area (TPSA) is 46.6 Å². The van der Waals surface area contributed by atoms with Crippen molar-refractivity contribution in [3.8, 4) is 0 Å². The molecule has 5 aromatic carbocycles. The lowest BCUT2D eigenvalue weighted by Gasteiger charge is -2.44. The van der Waals surface area contributed by atoms with Crippen LogP contribution in [-0.4, -0.2) is 11.9 Å². The molecule has 200 valence electrons. The quantitative estimate of drug-likeness (QED) is 0.153. The first-order valence-corrected chi connectivity index (χ1v) is 14.4. The SMILES string of the molecule is O=C1C[C@@H](c2ccccc2)[C@]2(O1)C(=O)N(C(c1ccccc1)(c1ccccc1)c1ccccc1)c1ccc(Br)cc12. The van der Waals surface area contributed by atoms with Crippen LogP contribution in [0.4, 0.5) is 5.69 Å². The van der Waals surface area contributed by atoms with Gasteiger partial charge >= 0.3 is 5.97 Å². The molecule has 5 aromatic rings. The van der Waals surface area contributed by atoms with E-state index in [-0.39, 0.29) is 18.3 Å². The van der Waals surface area contributed by atoms with Crippen LogP contribution >= 0.6 is 15.9 Å². The molecule has 2 heterocycles. The van der Waals surface area contributed by atoms with Gasteiger partial charge in [-0.1, -0.05) is 137 Å². The van der Waals surface area contributed by atoms with E-state index in [1.165, 1.54) is 0 Å². The van der Waals surface area contributed by atoms with E-state index < -0.39 is 17.1 Å². The Kier molecular flexibility index (Phi) is 6.13. The lowest BCUT2D eigenvalue weighted by molar-refractivity contribution is -0.158. The highest BCUT2D eigenvalue weighted by atomic mass is 79.9. The number of hydrogen-bond acceptors (Lipinski definition) is 3. The lowest BCUT2D eigenvalue weighted by atomic mass is 9.74. The fourth-order valence-corrected chi connectivity index (χ4v) is 7.09. The average Bonchev–Trinajstić information content (AvgIpc) is 3.50. The lowest BCUT2D eigenvalue weighted by Crippen LogP contribution is -2.54.